The van der Waals surface area contributed by atoms with Crippen LogP contribution in [0.5, 0.6) is 11.5 Å². The van der Waals surface area contributed by atoms with Crippen molar-refractivity contribution in [3.8, 4) is 11.5 Å². The van der Waals surface area contributed by atoms with Gasteiger partial charge in [0, 0.05) is 5.56 Å². The number of carboxylic acids is 1. The van der Waals surface area contributed by atoms with Crippen molar-refractivity contribution in [3.05, 3.63) is 22.8 Å². The van der Waals surface area contributed by atoms with Gasteiger partial charge in [0.25, 0.3) is 0 Å². The summed E-state index contributed by atoms with van der Waals surface area (Å²) in [5.74, 6) is -1.39. The van der Waals surface area contributed by atoms with Gasteiger partial charge in [-0.05, 0) is 37.8 Å². The van der Waals surface area contributed by atoms with Crippen molar-refractivity contribution in [2.45, 2.75) is 44.9 Å². The highest BCUT2D eigenvalue weighted by Gasteiger charge is 2.45. The minimum absolute atomic E-state index is 0.197. The van der Waals surface area contributed by atoms with Crippen LogP contribution in [0.1, 0.15) is 42.4 Å². The van der Waals surface area contributed by atoms with E-state index in [1.54, 1.807) is 13.0 Å². The molecule has 0 bridgehead atoms. The van der Waals surface area contributed by atoms with E-state index in [1.807, 2.05) is 6.92 Å². The number of carboxylic acid groups (broad SMARTS) is 1. The Kier molecular flexibility index (Phi) is 2.97. The number of aryl methyl sites for hydroxylation is 1. The van der Waals surface area contributed by atoms with E-state index >= 15 is 0 Å². The monoisotopic (exact) mass is 250 g/mol. The Balaban J connectivity index is 2.67. The van der Waals surface area contributed by atoms with Gasteiger partial charge in [-0.3, -0.25) is 4.79 Å². The van der Waals surface area contributed by atoms with Crippen LogP contribution in [0.3, 0.4) is 0 Å². The quantitative estimate of drug-likeness (QED) is 0.705. The normalized spacial score (nSPS) is 17.9. The number of phenols is 2. The molecule has 18 heavy (non-hydrogen) atoms. The zero-order valence-electron chi connectivity index (χ0n) is 10.7. The van der Waals surface area contributed by atoms with Crippen LogP contribution in [-0.2, 0) is 10.2 Å². The predicted octanol–water partition coefficient (Wildman–Crippen LogP) is 2.61. The molecule has 1 fully saturated rings. The lowest BCUT2D eigenvalue weighted by molar-refractivity contribution is -0.143. The van der Waals surface area contributed by atoms with E-state index in [2.05, 4.69) is 0 Å². The van der Waals surface area contributed by atoms with Gasteiger partial charge in [-0.1, -0.05) is 18.9 Å². The molecule has 1 saturated carbocycles. The molecule has 0 heterocycles. The van der Waals surface area contributed by atoms with E-state index in [-0.39, 0.29) is 11.5 Å². The molecule has 0 aromatic heterocycles. The Hall–Kier alpha value is -1.71. The van der Waals surface area contributed by atoms with Crippen LogP contribution in [0, 0.1) is 13.8 Å². The SMILES string of the molecule is Cc1cc(C2(C(=O)O)CCCC2)c(O)c(O)c1C. The second-order valence-electron chi connectivity index (χ2n) is 5.16. The van der Waals surface area contributed by atoms with Crippen molar-refractivity contribution in [2.24, 2.45) is 0 Å². The van der Waals surface area contributed by atoms with Crippen LogP contribution in [0.2, 0.25) is 0 Å². The maximum Gasteiger partial charge on any atom is 0.314 e. The first kappa shape index (κ1) is 12.7. The molecule has 4 heteroatoms. The van der Waals surface area contributed by atoms with Crippen molar-refractivity contribution in [1.29, 1.82) is 0 Å². The van der Waals surface area contributed by atoms with Gasteiger partial charge < -0.3 is 15.3 Å². The smallest absolute Gasteiger partial charge is 0.314 e. The maximum absolute atomic E-state index is 11.6. The minimum Gasteiger partial charge on any atom is -0.504 e. The summed E-state index contributed by atoms with van der Waals surface area (Å²) in [6, 6.07) is 1.70. The van der Waals surface area contributed by atoms with E-state index in [4.69, 9.17) is 0 Å². The van der Waals surface area contributed by atoms with Gasteiger partial charge in [-0.15, -0.1) is 0 Å². The highest BCUT2D eigenvalue weighted by Crippen LogP contribution is 2.48. The Morgan fingerprint density at radius 1 is 1.17 bits per heavy atom. The molecule has 4 nitrogen and oxygen atoms in total. The third-order valence-electron chi connectivity index (χ3n) is 4.17. The van der Waals surface area contributed by atoms with Crippen molar-refractivity contribution >= 4 is 5.97 Å². The first-order valence-corrected chi connectivity index (χ1v) is 6.16. The van der Waals surface area contributed by atoms with E-state index in [9.17, 15) is 20.1 Å². The second-order valence-corrected chi connectivity index (χ2v) is 5.16. The summed E-state index contributed by atoms with van der Waals surface area (Å²) in [6.45, 7) is 3.51. The maximum atomic E-state index is 11.6. The standard InChI is InChI=1S/C14H18O4/c1-8-7-10(12(16)11(15)9(8)2)14(13(17)18)5-3-4-6-14/h7,15-16H,3-6H2,1-2H3,(H,17,18). The molecule has 3 N–H and O–H groups in total. The van der Waals surface area contributed by atoms with Crippen molar-refractivity contribution in [1.82, 2.24) is 0 Å². The Bertz CT molecular complexity index is 499. The highest BCUT2D eigenvalue weighted by atomic mass is 16.4. The molecule has 0 spiro atoms. The largest absolute Gasteiger partial charge is 0.504 e. The van der Waals surface area contributed by atoms with E-state index in [1.165, 1.54) is 0 Å². The molecule has 98 valence electrons. The van der Waals surface area contributed by atoms with Crippen molar-refractivity contribution in [3.63, 3.8) is 0 Å². The van der Waals surface area contributed by atoms with Gasteiger partial charge in [0.2, 0.25) is 0 Å². The number of hydrogen-bond donors (Lipinski definition) is 3. The van der Waals surface area contributed by atoms with Gasteiger partial charge in [0.1, 0.15) is 0 Å². The number of aromatic hydroxyl groups is 2. The van der Waals surface area contributed by atoms with Gasteiger partial charge in [-0.25, -0.2) is 0 Å². The molecule has 1 aliphatic rings. The first-order valence-electron chi connectivity index (χ1n) is 6.16. The number of phenolic OH excluding ortho intramolecular Hbond substituents is 2. The van der Waals surface area contributed by atoms with E-state index < -0.39 is 11.4 Å². The lowest BCUT2D eigenvalue weighted by atomic mass is 9.77. The molecule has 2 rings (SSSR count). The van der Waals surface area contributed by atoms with Crippen LogP contribution in [-0.4, -0.2) is 21.3 Å². The van der Waals surface area contributed by atoms with Crippen LogP contribution in [0.4, 0.5) is 0 Å². The lowest BCUT2D eigenvalue weighted by Gasteiger charge is -2.26. The Morgan fingerprint density at radius 3 is 2.22 bits per heavy atom. The molecular formula is C14H18O4. The topological polar surface area (TPSA) is 77.8 Å². The van der Waals surface area contributed by atoms with Gasteiger partial charge in [-0.2, -0.15) is 0 Å². The summed E-state index contributed by atoms with van der Waals surface area (Å²) in [5.41, 5.74) is 0.704. The zero-order chi connectivity index (χ0) is 13.5. The average Bonchev–Trinajstić information content (AvgIpc) is 2.81. The summed E-state index contributed by atoms with van der Waals surface area (Å²) in [7, 11) is 0. The number of carbonyl (C=O) groups is 1. The molecule has 0 aliphatic heterocycles. The van der Waals surface area contributed by atoms with Crippen LogP contribution in [0.25, 0.3) is 0 Å². The zero-order valence-corrected chi connectivity index (χ0v) is 10.7. The highest BCUT2D eigenvalue weighted by molar-refractivity contribution is 5.83. The van der Waals surface area contributed by atoms with E-state index in [0.29, 0.717) is 24.0 Å². The predicted molar refractivity (Wildman–Crippen MR) is 67.0 cm³/mol. The summed E-state index contributed by atoms with van der Waals surface area (Å²) >= 11 is 0. The number of aliphatic carboxylic acids is 1. The Morgan fingerprint density at radius 2 is 1.72 bits per heavy atom. The van der Waals surface area contributed by atoms with Crippen LogP contribution >= 0.6 is 0 Å². The third kappa shape index (κ3) is 1.64. The molecule has 0 atom stereocenters. The molecule has 0 saturated heterocycles. The fraction of sp³-hybridized carbons (Fsp3) is 0.500. The van der Waals surface area contributed by atoms with Gasteiger partial charge in [0.05, 0.1) is 5.41 Å². The minimum atomic E-state index is -1.04. The van der Waals surface area contributed by atoms with Crippen LogP contribution in [0.15, 0.2) is 6.07 Å². The second kappa shape index (κ2) is 4.19. The van der Waals surface area contributed by atoms with Crippen molar-refractivity contribution in [2.75, 3.05) is 0 Å². The molecule has 0 amide bonds. The van der Waals surface area contributed by atoms with Gasteiger partial charge >= 0.3 is 5.97 Å². The molecule has 0 radical (unpaired) electrons. The number of rotatable bonds is 2. The molecular weight excluding hydrogens is 232 g/mol. The summed E-state index contributed by atoms with van der Waals surface area (Å²) in [4.78, 5) is 11.6. The van der Waals surface area contributed by atoms with Crippen LogP contribution < -0.4 is 0 Å². The fourth-order valence-electron chi connectivity index (χ4n) is 2.83. The van der Waals surface area contributed by atoms with E-state index in [0.717, 1.165) is 18.4 Å². The third-order valence-corrected chi connectivity index (χ3v) is 4.17. The van der Waals surface area contributed by atoms with Crippen molar-refractivity contribution < 1.29 is 20.1 Å². The fourth-order valence-corrected chi connectivity index (χ4v) is 2.83. The Labute approximate surface area is 106 Å². The lowest BCUT2D eigenvalue weighted by Crippen LogP contribution is -2.32. The molecule has 1 aliphatic carbocycles. The number of benzene rings is 1. The molecule has 1 aromatic rings. The summed E-state index contributed by atoms with van der Waals surface area (Å²) in [6.07, 6.45) is 2.69. The average molecular weight is 250 g/mol. The van der Waals surface area contributed by atoms with Gasteiger partial charge in [0.15, 0.2) is 11.5 Å². The summed E-state index contributed by atoms with van der Waals surface area (Å²) < 4.78 is 0. The molecule has 0 unspecified atom stereocenters. The first-order chi connectivity index (χ1) is 8.40. The summed E-state index contributed by atoms with van der Waals surface area (Å²) in [5, 5.41) is 29.4. The number of hydrogen-bond acceptors (Lipinski definition) is 3. The molecule has 1 aromatic carbocycles.